The molecule has 3 atom stereocenters. The largest absolute Gasteiger partial charge is 0.277 e. The van der Waals surface area contributed by atoms with Gasteiger partial charge < -0.3 is 0 Å². The summed E-state index contributed by atoms with van der Waals surface area (Å²) in [6, 6.07) is 17.2. The van der Waals surface area contributed by atoms with E-state index in [2.05, 4.69) is 0 Å². The van der Waals surface area contributed by atoms with Gasteiger partial charge in [-0.05, 0) is 38.5 Å². The summed E-state index contributed by atoms with van der Waals surface area (Å²) >= 11 is 0. The Morgan fingerprint density at radius 2 is 1.58 bits per heavy atom. The summed E-state index contributed by atoms with van der Waals surface area (Å²) in [7, 11) is 0. The molecule has 0 N–H and O–H groups in total. The SMILES string of the molecule is Cc1ccc(C2C3C(=O)N(C(C)C)C(=O)C3ON2c2ccccc2)cc1. The minimum Gasteiger partial charge on any atom is -0.277 e. The van der Waals surface area contributed by atoms with Gasteiger partial charge in [-0.15, -0.1) is 0 Å². The number of carbonyl (C=O) groups is 2. The molecule has 0 spiro atoms. The number of benzene rings is 2. The van der Waals surface area contributed by atoms with Crippen LogP contribution in [0.1, 0.15) is 31.0 Å². The van der Waals surface area contributed by atoms with Crippen LogP contribution in [0.25, 0.3) is 0 Å². The minimum absolute atomic E-state index is 0.154. The number of fused-ring (bicyclic) bond motifs is 1. The van der Waals surface area contributed by atoms with Gasteiger partial charge in [-0.2, -0.15) is 0 Å². The Balaban J connectivity index is 1.80. The molecule has 2 aromatic rings. The van der Waals surface area contributed by atoms with Gasteiger partial charge >= 0.3 is 0 Å². The van der Waals surface area contributed by atoms with Crippen LogP contribution in [0.4, 0.5) is 5.69 Å². The van der Waals surface area contributed by atoms with Gasteiger partial charge in [-0.25, -0.2) is 5.06 Å². The highest BCUT2D eigenvalue weighted by Crippen LogP contribution is 2.46. The molecule has 4 rings (SSSR count). The average Bonchev–Trinajstić information content (AvgIpc) is 3.13. The highest BCUT2D eigenvalue weighted by Gasteiger charge is 2.60. The molecule has 0 bridgehead atoms. The molecule has 0 radical (unpaired) electrons. The molecule has 2 heterocycles. The lowest BCUT2D eigenvalue weighted by molar-refractivity contribution is -0.145. The molecule has 134 valence electrons. The number of aryl methyl sites for hydroxylation is 1. The second kappa shape index (κ2) is 6.25. The summed E-state index contributed by atoms with van der Waals surface area (Å²) in [5, 5.41) is 1.73. The van der Waals surface area contributed by atoms with Gasteiger partial charge in [-0.1, -0.05) is 48.0 Å². The summed E-state index contributed by atoms with van der Waals surface area (Å²) < 4.78 is 0. The molecule has 2 fully saturated rings. The van der Waals surface area contributed by atoms with Crippen molar-refractivity contribution in [3.8, 4) is 0 Å². The molecular weight excluding hydrogens is 328 g/mol. The van der Waals surface area contributed by atoms with Crippen LogP contribution >= 0.6 is 0 Å². The van der Waals surface area contributed by atoms with Crippen LogP contribution in [-0.2, 0) is 14.4 Å². The van der Waals surface area contributed by atoms with E-state index in [0.717, 1.165) is 16.8 Å². The van der Waals surface area contributed by atoms with Crippen LogP contribution in [0.5, 0.6) is 0 Å². The predicted octanol–water partition coefficient (Wildman–Crippen LogP) is 3.25. The molecule has 5 nitrogen and oxygen atoms in total. The van der Waals surface area contributed by atoms with Crippen LogP contribution in [0, 0.1) is 12.8 Å². The van der Waals surface area contributed by atoms with Crippen molar-refractivity contribution in [3.63, 3.8) is 0 Å². The van der Waals surface area contributed by atoms with Crippen molar-refractivity contribution in [3.05, 3.63) is 65.7 Å². The lowest BCUT2D eigenvalue weighted by atomic mass is 9.90. The third-order valence-electron chi connectivity index (χ3n) is 5.10. The topological polar surface area (TPSA) is 49.9 Å². The van der Waals surface area contributed by atoms with E-state index in [4.69, 9.17) is 4.84 Å². The lowest BCUT2D eigenvalue weighted by Gasteiger charge is -2.29. The predicted molar refractivity (Wildman–Crippen MR) is 98.2 cm³/mol. The Labute approximate surface area is 153 Å². The first-order valence-electron chi connectivity index (χ1n) is 8.93. The molecule has 0 aliphatic carbocycles. The fraction of sp³-hybridized carbons (Fsp3) is 0.333. The molecule has 0 saturated carbocycles. The molecule has 26 heavy (non-hydrogen) atoms. The number of hydrogen-bond donors (Lipinski definition) is 0. The Kier molecular flexibility index (Phi) is 4.04. The fourth-order valence-electron chi connectivity index (χ4n) is 3.85. The van der Waals surface area contributed by atoms with Crippen LogP contribution < -0.4 is 5.06 Å². The van der Waals surface area contributed by atoms with Crippen molar-refractivity contribution in [1.29, 1.82) is 0 Å². The molecule has 2 saturated heterocycles. The highest BCUT2D eigenvalue weighted by atomic mass is 16.7. The first-order chi connectivity index (χ1) is 12.5. The molecule has 2 aliphatic heterocycles. The van der Waals surface area contributed by atoms with E-state index in [9.17, 15) is 9.59 Å². The summed E-state index contributed by atoms with van der Waals surface area (Å²) in [6.07, 6.45) is -0.767. The Hall–Kier alpha value is -2.66. The number of nitrogens with zero attached hydrogens (tertiary/aromatic N) is 2. The van der Waals surface area contributed by atoms with Crippen molar-refractivity contribution < 1.29 is 14.4 Å². The zero-order chi connectivity index (χ0) is 18.4. The van der Waals surface area contributed by atoms with Crippen molar-refractivity contribution in [2.75, 3.05) is 5.06 Å². The van der Waals surface area contributed by atoms with Crippen LogP contribution in [-0.4, -0.2) is 28.9 Å². The van der Waals surface area contributed by atoms with Gasteiger partial charge in [0.15, 0.2) is 6.10 Å². The summed E-state index contributed by atoms with van der Waals surface area (Å²) in [4.78, 5) is 33.3. The van der Waals surface area contributed by atoms with E-state index in [1.54, 1.807) is 5.06 Å². The highest BCUT2D eigenvalue weighted by molar-refractivity contribution is 6.08. The fourth-order valence-corrected chi connectivity index (χ4v) is 3.85. The van der Waals surface area contributed by atoms with Gasteiger partial charge in [-0.3, -0.25) is 19.3 Å². The number of para-hydroxylation sites is 1. The Morgan fingerprint density at radius 3 is 2.19 bits per heavy atom. The second-order valence-electron chi connectivity index (χ2n) is 7.21. The van der Waals surface area contributed by atoms with Crippen molar-refractivity contribution in [2.24, 2.45) is 5.92 Å². The van der Waals surface area contributed by atoms with Gasteiger partial charge in [0.05, 0.1) is 11.7 Å². The average molecular weight is 350 g/mol. The summed E-state index contributed by atoms with van der Waals surface area (Å²) in [5.41, 5.74) is 2.95. The first-order valence-corrected chi connectivity index (χ1v) is 8.93. The minimum atomic E-state index is -0.767. The number of likely N-dealkylation sites (tertiary alicyclic amines) is 1. The normalized spacial score (nSPS) is 25.3. The molecule has 3 unspecified atom stereocenters. The number of anilines is 1. The number of imide groups is 1. The van der Waals surface area contributed by atoms with E-state index in [1.165, 1.54) is 4.90 Å². The van der Waals surface area contributed by atoms with E-state index < -0.39 is 12.0 Å². The summed E-state index contributed by atoms with van der Waals surface area (Å²) in [5.74, 6) is -0.933. The van der Waals surface area contributed by atoms with Crippen molar-refractivity contribution in [2.45, 2.75) is 39.0 Å². The van der Waals surface area contributed by atoms with Gasteiger partial charge in [0.1, 0.15) is 5.92 Å². The maximum atomic E-state index is 13.1. The molecule has 2 aromatic carbocycles. The second-order valence-corrected chi connectivity index (χ2v) is 7.21. The van der Waals surface area contributed by atoms with Crippen LogP contribution in [0.2, 0.25) is 0 Å². The quantitative estimate of drug-likeness (QED) is 0.798. The third kappa shape index (κ3) is 2.51. The first kappa shape index (κ1) is 16.8. The number of carbonyl (C=O) groups excluding carboxylic acids is 2. The number of rotatable bonds is 3. The Morgan fingerprint density at radius 1 is 0.923 bits per heavy atom. The number of hydroxylamine groups is 1. The maximum Gasteiger partial charge on any atom is 0.262 e. The lowest BCUT2D eigenvalue weighted by Crippen LogP contribution is -2.41. The monoisotopic (exact) mass is 350 g/mol. The smallest absolute Gasteiger partial charge is 0.262 e. The zero-order valence-electron chi connectivity index (χ0n) is 15.1. The van der Waals surface area contributed by atoms with Crippen LogP contribution in [0.15, 0.2) is 54.6 Å². The molecular formula is C21H22N2O3. The van der Waals surface area contributed by atoms with Gasteiger partial charge in [0.25, 0.3) is 5.91 Å². The number of amides is 2. The molecule has 2 aliphatic rings. The van der Waals surface area contributed by atoms with E-state index in [1.807, 2.05) is 75.4 Å². The number of hydrogen-bond acceptors (Lipinski definition) is 4. The van der Waals surface area contributed by atoms with Crippen LogP contribution in [0.3, 0.4) is 0 Å². The third-order valence-corrected chi connectivity index (χ3v) is 5.10. The molecule has 2 amide bonds. The van der Waals surface area contributed by atoms with E-state index >= 15 is 0 Å². The maximum absolute atomic E-state index is 13.1. The van der Waals surface area contributed by atoms with Crippen molar-refractivity contribution >= 4 is 17.5 Å². The molecule has 0 aromatic heterocycles. The zero-order valence-corrected chi connectivity index (χ0v) is 15.1. The summed E-state index contributed by atoms with van der Waals surface area (Å²) in [6.45, 7) is 5.73. The van der Waals surface area contributed by atoms with E-state index in [0.29, 0.717) is 0 Å². The van der Waals surface area contributed by atoms with Crippen molar-refractivity contribution in [1.82, 2.24) is 4.90 Å². The standard InChI is InChI=1S/C21H22N2O3/c1-13(2)22-20(24)17-18(15-11-9-14(3)10-12-15)23(26-19(17)21(22)25)16-7-5-4-6-8-16/h4-13,17-19H,1-3H3. The van der Waals surface area contributed by atoms with E-state index in [-0.39, 0.29) is 23.9 Å². The van der Waals surface area contributed by atoms with Gasteiger partial charge in [0.2, 0.25) is 5.91 Å². The van der Waals surface area contributed by atoms with Gasteiger partial charge in [0, 0.05) is 6.04 Å². The Bertz CT molecular complexity index is 832. The molecule has 5 heteroatoms.